The molecule has 0 aliphatic rings. The van der Waals surface area contributed by atoms with E-state index in [4.69, 9.17) is 18.9 Å². The van der Waals surface area contributed by atoms with Gasteiger partial charge < -0.3 is 29.6 Å². The molecule has 0 aliphatic heterocycles. The third-order valence-corrected chi connectivity index (χ3v) is 3.70. The molecule has 2 N–H and O–H groups in total. The Kier molecular flexibility index (Phi) is 13.1. The third kappa shape index (κ3) is 10.8. The van der Waals surface area contributed by atoms with Crippen LogP contribution in [0, 0.1) is 6.92 Å². The molecule has 0 amide bonds. The molecule has 0 bridgehead atoms. The normalized spacial score (nSPS) is 11.5. The Balaban J connectivity index is 2.58. The first-order chi connectivity index (χ1) is 13.2. The van der Waals surface area contributed by atoms with Crippen molar-refractivity contribution >= 4 is 5.96 Å². The molecule has 0 radical (unpaired) electrons. The zero-order chi connectivity index (χ0) is 19.7. The van der Waals surface area contributed by atoms with Crippen molar-refractivity contribution in [1.29, 1.82) is 0 Å². The molecule has 1 rings (SSSR count). The Morgan fingerprint density at radius 1 is 1.00 bits per heavy atom. The minimum absolute atomic E-state index is 0.541. The van der Waals surface area contributed by atoms with Crippen LogP contribution < -0.4 is 15.4 Å². The molecule has 1 aromatic rings. The van der Waals surface area contributed by atoms with Crippen LogP contribution in [0.2, 0.25) is 0 Å². The summed E-state index contributed by atoms with van der Waals surface area (Å²) < 4.78 is 21.4. The van der Waals surface area contributed by atoms with Crippen molar-refractivity contribution in [2.45, 2.75) is 26.8 Å². The zero-order valence-corrected chi connectivity index (χ0v) is 17.2. The van der Waals surface area contributed by atoms with E-state index in [1.165, 1.54) is 5.56 Å². The Labute approximate surface area is 163 Å². The second-order valence-corrected chi connectivity index (χ2v) is 6.03. The summed E-state index contributed by atoms with van der Waals surface area (Å²) in [5.41, 5.74) is 2.23. The molecular formula is C20H35N3O4. The number of nitrogens with zero attached hydrogens (tertiary/aromatic N) is 1. The molecule has 0 unspecified atom stereocenters. The molecule has 27 heavy (non-hydrogen) atoms. The predicted molar refractivity (Wildman–Crippen MR) is 109 cm³/mol. The maximum absolute atomic E-state index is 5.93. The van der Waals surface area contributed by atoms with Crippen LogP contribution in [-0.4, -0.2) is 66.3 Å². The van der Waals surface area contributed by atoms with E-state index in [1.807, 2.05) is 6.92 Å². The highest BCUT2D eigenvalue weighted by atomic mass is 16.5. The lowest BCUT2D eigenvalue weighted by Gasteiger charge is -2.14. The van der Waals surface area contributed by atoms with Crippen molar-refractivity contribution in [3.8, 4) is 5.75 Å². The van der Waals surface area contributed by atoms with Gasteiger partial charge in [0.2, 0.25) is 0 Å². The molecule has 0 aliphatic carbocycles. The van der Waals surface area contributed by atoms with Crippen molar-refractivity contribution in [1.82, 2.24) is 10.6 Å². The molecule has 7 nitrogen and oxygen atoms in total. The number of aryl methyl sites for hydroxylation is 1. The van der Waals surface area contributed by atoms with Gasteiger partial charge >= 0.3 is 0 Å². The van der Waals surface area contributed by atoms with E-state index in [1.54, 1.807) is 14.2 Å². The lowest BCUT2D eigenvalue weighted by atomic mass is 10.1. The van der Waals surface area contributed by atoms with E-state index in [0.29, 0.717) is 46.1 Å². The van der Waals surface area contributed by atoms with Gasteiger partial charge in [-0.3, -0.25) is 0 Å². The SMILES string of the molecule is CCNC(=NCc1ccc(C)cc1OCCCOC)NCCOCCOC. The average Bonchev–Trinajstić information content (AvgIpc) is 2.67. The number of hydrogen-bond donors (Lipinski definition) is 2. The molecule has 0 atom stereocenters. The minimum atomic E-state index is 0.541. The van der Waals surface area contributed by atoms with E-state index < -0.39 is 0 Å². The topological polar surface area (TPSA) is 73.3 Å². The van der Waals surface area contributed by atoms with Crippen molar-refractivity contribution < 1.29 is 18.9 Å². The molecule has 154 valence electrons. The quantitative estimate of drug-likeness (QED) is 0.292. The molecule has 0 heterocycles. The fraction of sp³-hybridized carbons (Fsp3) is 0.650. The number of guanidine groups is 1. The average molecular weight is 382 g/mol. The predicted octanol–water partition coefficient (Wildman–Crippen LogP) is 2.13. The van der Waals surface area contributed by atoms with Gasteiger partial charge in [-0.25, -0.2) is 4.99 Å². The summed E-state index contributed by atoms with van der Waals surface area (Å²) in [6.07, 6.45) is 0.862. The minimum Gasteiger partial charge on any atom is -0.493 e. The zero-order valence-electron chi connectivity index (χ0n) is 17.2. The molecule has 0 fully saturated rings. The number of ether oxygens (including phenoxy) is 4. The number of hydrogen-bond acceptors (Lipinski definition) is 5. The largest absolute Gasteiger partial charge is 0.493 e. The number of aliphatic imine (C=N–C) groups is 1. The number of benzene rings is 1. The van der Waals surface area contributed by atoms with Crippen molar-refractivity contribution in [2.24, 2.45) is 4.99 Å². The van der Waals surface area contributed by atoms with E-state index >= 15 is 0 Å². The summed E-state index contributed by atoms with van der Waals surface area (Å²) in [7, 11) is 3.36. The van der Waals surface area contributed by atoms with Gasteiger partial charge in [0.1, 0.15) is 5.75 Å². The van der Waals surface area contributed by atoms with Crippen LogP contribution in [0.1, 0.15) is 24.5 Å². The smallest absolute Gasteiger partial charge is 0.191 e. The summed E-state index contributed by atoms with van der Waals surface area (Å²) in [5.74, 6) is 1.65. The van der Waals surface area contributed by atoms with Crippen molar-refractivity contribution in [3.63, 3.8) is 0 Å². The van der Waals surface area contributed by atoms with Gasteiger partial charge in [0.15, 0.2) is 5.96 Å². The van der Waals surface area contributed by atoms with Crippen LogP contribution >= 0.6 is 0 Å². The Bertz CT molecular complexity index is 538. The van der Waals surface area contributed by atoms with Crippen LogP contribution in [0.15, 0.2) is 23.2 Å². The molecule has 0 spiro atoms. The fourth-order valence-corrected chi connectivity index (χ4v) is 2.30. The first kappa shape index (κ1) is 23.2. The molecular weight excluding hydrogens is 346 g/mol. The molecule has 7 heteroatoms. The van der Waals surface area contributed by atoms with Gasteiger partial charge in [0.25, 0.3) is 0 Å². The lowest BCUT2D eigenvalue weighted by molar-refractivity contribution is 0.0733. The Morgan fingerprint density at radius 2 is 1.81 bits per heavy atom. The monoisotopic (exact) mass is 381 g/mol. The van der Waals surface area contributed by atoms with Crippen molar-refractivity contribution in [3.05, 3.63) is 29.3 Å². The van der Waals surface area contributed by atoms with Crippen LogP contribution in [0.5, 0.6) is 5.75 Å². The highest BCUT2D eigenvalue weighted by Crippen LogP contribution is 2.21. The van der Waals surface area contributed by atoms with Gasteiger partial charge in [-0.2, -0.15) is 0 Å². The third-order valence-electron chi connectivity index (χ3n) is 3.70. The van der Waals surface area contributed by atoms with Gasteiger partial charge in [-0.05, 0) is 25.5 Å². The first-order valence-electron chi connectivity index (χ1n) is 9.51. The summed E-state index contributed by atoms with van der Waals surface area (Å²) in [6, 6.07) is 6.21. The maximum atomic E-state index is 5.93. The molecule has 1 aromatic carbocycles. The van der Waals surface area contributed by atoms with Gasteiger partial charge in [-0.15, -0.1) is 0 Å². The van der Waals surface area contributed by atoms with Gasteiger partial charge in [-0.1, -0.05) is 12.1 Å². The second kappa shape index (κ2) is 15.2. The summed E-state index contributed by atoms with van der Waals surface area (Å²) in [5, 5.41) is 6.52. The standard InChI is InChI=1S/C20H35N3O4/c1-5-21-20(22-9-12-26-14-13-25-4)23-16-18-8-7-17(2)15-19(18)27-11-6-10-24-3/h7-8,15H,5-6,9-14,16H2,1-4H3,(H2,21,22,23). The fourth-order valence-electron chi connectivity index (χ4n) is 2.30. The number of nitrogens with one attached hydrogen (secondary N) is 2. The summed E-state index contributed by atoms with van der Waals surface area (Å²) in [6.45, 7) is 9.26. The van der Waals surface area contributed by atoms with Gasteiger partial charge in [0, 0.05) is 45.9 Å². The van der Waals surface area contributed by atoms with E-state index in [9.17, 15) is 0 Å². The Morgan fingerprint density at radius 3 is 2.56 bits per heavy atom. The summed E-state index contributed by atoms with van der Waals surface area (Å²) >= 11 is 0. The number of rotatable bonds is 14. The highest BCUT2D eigenvalue weighted by Gasteiger charge is 2.05. The molecule has 0 saturated carbocycles. The number of methoxy groups -OCH3 is 2. The summed E-state index contributed by atoms with van der Waals surface area (Å²) in [4.78, 5) is 4.66. The van der Waals surface area contributed by atoms with Crippen molar-refractivity contribution in [2.75, 3.05) is 60.3 Å². The lowest BCUT2D eigenvalue weighted by Crippen LogP contribution is -2.39. The molecule has 0 saturated heterocycles. The van der Waals surface area contributed by atoms with Gasteiger partial charge in [0.05, 0.1) is 33.0 Å². The van der Waals surface area contributed by atoms with Crippen LogP contribution in [-0.2, 0) is 20.8 Å². The van der Waals surface area contributed by atoms with Crippen LogP contribution in [0.25, 0.3) is 0 Å². The molecule has 0 aromatic heterocycles. The van der Waals surface area contributed by atoms with Crippen LogP contribution in [0.4, 0.5) is 0 Å². The van der Waals surface area contributed by atoms with E-state index in [-0.39, 0.29) is 0 Å². The first-order valence-corrected chi connectivity index (χ1v) is 9.51. The van der Waals surface area contributed by atoms with E-state index in [2.05, 4.69) is 40.7 Å². The Hall–Kier alpha value is -1.83. The van der Waals surface area contributed by atoms with E-state index in [0.717, 1.165) is 30.2 Å². The van der Waals surface area contributed by atoms with Crippen LogP contribution in [0.3, 0.4) is 0 Å². The highest BCUT2D eigenvalue weighted by molar-refractivity contribution is 5.79. The maximum Gasteiger partial charge on any atom is 0.191 e. The second-order valence-electron chi connectivity index (χ2n) is 6.03.